The second-order valence-corrected chi connectivity index (χ2v) is 4.17. The number of rotatable bonds is 6. The lowest BCUT2D eigenvalue weighted by Gasteiger charge is -2.12. The van der Waals surface area contributed by atoms with E-state index in [1.807, 2.05) is 13.8 Å². The van der Waals surface area contributed by atoms with Gasteiger partial charge in [-0.05, 0) is 19.5 Å². The van der Waals surface area contributed by atoms with Gasteiger partial charge in [0.15, 0.2) is 0 Å². The van der Waals surface area contributed by atoms with Gasteiger partial charge in [0.25, 0.3) is 0 Å². The van der Waals surface area contributed by atoms with Crippen molar-refractivity contribution in [1.29, 1.82) is 0 Å². The topological polar surface area (TPSA) is 63.0 Å². The number of halogens is 1. The number of benzene rings is 1. The third-order valence-electron chi connectivity index (χ3n) is 2.70. The summed E-state index contributed by atoms with van der Waals surface area (Å²) in [5.74, 6) is 0.250. The minimum Gasteiger partial charge on any atom is -0.407 e. The van der Waals surface area contributed by atoms with Crippen LogP contribution in [0.5, 0.6) is 0 Å². The molecule has 0 bridgehead atoms. The predicted octanol–water partition coefficient (Wildman–Crippen LogP) is 2.49. The van der Waals surface area contributed by atoms with Crippen molar-refractivity contribution in [1.82, 2.24) is 15.5 Å². The fourth-order valence-electron chi connectivity index (χ4n) is 1.70. The summed E-state index contributed by atoms with van der Waals surface area (Å²) in [6.07, 6.45) is 0. The lowest BCUT2D eigenvalue weighted by atomic mass is 10.1. The van der Waals surface area contributed by atoms with Gasteiger partial charge >= 0.3 is 6.01 Å². The molecule has 0 saturated heterocycles. The summed E-state index contributed by atoms with van der Waals surface area (Å²) in [6, 6.07) is 6.66. The first-order valence-corrected chi connectivity index (χ1v) is 6.24. The maximum Gasteiger partial charge on any atom is 0.315 e. The highest BCUT2D eigenvalue weighted by Gasteiger charge is 2.13. The minimum atomic E-state index is -0.255. The molecule has 19 heavy (non-hydrogen) atoms. The molecule has 1 aromatic heterocycles. The van der Waals surface area contributed by atoms with Gasteiger partial charge in [-0.15, -0.1) is 5.10 Å². The fraction of sp³-hybridized carbons (Fsp3) is 0.385. The normalized spacial score (nSPS) is 12.4. The lowest BCUT2D eigenvalue weighted by Crippen LogP contribution is -2.11. The molecule has 0 radical (unpaired) electrons. The van der Waals surface area contributed by atoms with Crippen LogP contribution in [0.1, 0.15) is 31.3 Å². The zero-order valence-electron chi connectivity index (χ0n) is 11.0. The summed E-state index contributed by atoms with van der Waals surface area (Å²) in [7, 11) is 0. The van der Waals surface area contributed by atoms with Gasteiger partial charge in [0.2, 0.25) is 5.89 Å². The van der Waals surface area contributed by atoms with Crippen molar-refractivity contribution in [3.05, 3.63) is 41.5 Å². The molecule has 1 heterocycles. The molecule has 1 unspecified atom stereocenters. The van der Waals surface area contributed by atoms with E-state index in [0.717, 1.165) is 6.54 Å². The molecule has 0 saturated carbocycles. The zero-order valence-corrected chi connectivity index (χ0v) is 11.0. The summed E-state index contributed by atoms with van der Waals surface area (Å²) >= 11 is 0. The Balaban J connectivity index is 2.01. The summed E-state index contributed by atoms with van der Waals surface area (Å²) in [5.41, 5.74) is 0.564. The maximum atomic E-state index is 13.6. The van der Waals surface area contributed by atoms with Gasteiger partial charge in [-0.25, -0.2) is 4.39 Å². The average molecular weight is 264 g/mol. The molecule has 6 heteroatoms. The van der Waals surface area contributed by atoms with E-state index in [0.29, 0.717) is 24.0 Å². The van der Waals surface area contributed by atoms with E-state index < -0.39 is 0 Å². The Morgan fingerprint density at radius 2 is 2.11 bits per heavy atom. The zero-order chi connectivity index (χ0) is 13.7. The van der Waals surface area contributed by atoms with E-state index in [-0.39, 0.29) is 11.9 Å². The largest absolute Gasteiger partial charge is 0.407 e. The van der Waals surface area contributed by atoms with Crippen LogP contribution in [0.3, 0.4) is 0 Å². The van der Waals surface area contributed by atoms with E-state index in [1.165, 1.54) is 6.07 Å². The maximum absolute atomic E-state index is 13.6. The van der Waals surface area contributed by atoms with Crippen LogP contribution in [0.25, 0.3) is 0 Å². The Bertz CT molecular complexity index is 529. The Morgan fingerprint density at radius 3 is 2.84 bits per heavy atom. The van der Waals surface area contributed by atoms with Gasteiger partial charge in [-0.2, -0.15) is 0 Å². The molecule has 0 aliphatic heterocycles. The van der Waals surface area contributed by atoms with Crippen LogP contribution in [0.15, 0.2) is 28.7 Å². The van der Waals surface area contributed by atoms with Crippen molar-refractivity contribution in [3.8, 4) is 0 Å². The van der Waals surface area contributed by atoms with Crippen LogP contribution in [0.2, 0.25) is 0 Å². The third kappa shape index (κ3) is 3.51. The Kier molecular flexibility index (Phi) is 4.46. The van der Waals surface area contributed by atoms with E-state index in [4.69, 9.17) is 4.42 Å². The van der Waals surface area contributed by atoms with Gasteiger partial charge in [0.05, 0.1) is 12.6 Å². The van der Waals surface area contributed by atoms with Gasteiger partial charge in [-0.3, -0.25) is 0 Å². The quantitative estimate of drug-likeness (QED) is 0.839. The van der Waals surface area contributed by atoms with E-state index in [9.17, 15) is 4.39 Å². The monoisotopic (exact) mass is 264 g/mol. The van der Waals surface area contributed by atoms with Crippen LogP contribution in [-0.4, -0.2) is 16.7 Å². The van der Waals surface area contributed by atoms with E-state index in [2.05, 4.69) is 20.8 Å². The molecular formula is C13H17FN4O. The highest BCUT2D eigenvalue weighted by atomic mass is 19.1. The van der Waals surface area contributed by atoms with Gasteiger partial charge in [0.1, 0.15) is 5.82 Å². The van der Waals surface area contributed by atoms with Crippen LogP contribution < -0.4 is 10.6 Å². The average Bonchev–Trinajstić information content (AvgIpc) is 2.84. The Morgan fingerprint density at radius 1 is 1.32 bits per heavy atom. The summed E-state index contributed by atoms with van der Waals surface area (Å²) in [4.78, 5) is 0. The van der Waals surface area contributed by atoms with Crippen LogP contribution >= 0.6 is 0 Å². The van der Waals surface area contributed by atoms with Crippen LogP contribution in [0, 0.1) is 5.82 Å². The second-order valence-electron chi connectivity index (χ2n) is 4.17. The molecule has 0 spiro atoms. The molecule has 2 aromatic rings. The molecule has 1 atom stereocenters. The summed E-state index contributed by atoms with van der Waals surface area (Å²) < 4.78 is 19.0. The van der Waals surface area contributed by atoms with Crippen molar-refractivity contribution in [2.75, 3.05) is 11.9 Å². The Labute approximate surface area is 111 Å². The van der Waals surface area contributed by atoms with Crippen molar-refractivity contribution < 1.29 is 8.81 Å². The predicted molar refractivity (Wildman–Crippen MR) is 70.1 cm³/mol. The van der Waals surface area contributed by atoms with Crippen LogP contribution in [-0.2, 0) is 6.54 Å². The molecule has 2 N–H and O–H groups in total. The van der Waals surface area contributed by atoms with Crippen molar-refractivity contribution >= 4 is 6.01 Å². The van der Waals surface area contributed by atoms with Crippen molar-refractivity contribution in [2.24, 2.45) is 0 Å². The molecule has 102 valence electrons. The van der Waals surface area contributed by atoms with Crippen molar-refractivity contribution in [2.45, 2.75) is 26.4 Å². The minimum absolute atomic E-state index is 0.242. The lowest BCUT2D eigenvalue weighted by molar-refractivity contribution is 0.477. The fourth-order valence-corrected chi connectivity index (χ4v) is 1.70. The smallest absolute Gasteiger partial charge is 0.315 e. The first-order chi connectivity index (χ1) is 9.20. The molecular weight excluding hydrogens is 247 g/mol. The third-order valence-corrected chi connectivity index (χ3v) is 2.70. The van der Waals surface area contributed by atoms with Gasteiger partial charge in [-0.1, -0.05) is 30.2 Å². The highest BCUT2D eigenvalue weighted by Crippen LogP contribution is 2.20. The first-order valence-electron chi connectivity index (χ1n) is 6.24. The van der Waals surface area contributed by atoms with Gasteiger partial charge in [0, 0.05) is 5.56 Å². The molecule has 0 aliphatic rings. The Hall–Kier alpha value is -1.95. The van der Waals surface area contributed by atoms with Gasteiger partial charge < -0.3 is 15.1 Å². The van der Waals surface area contributed by atoms with Crippen LogP contribution in [0.4, 0.5) is 10.4 Å². The number of aromatic nitrogens is 2. The number of hydrogen-bond donors (Lipinski definition) is 2. The number of anilines is 1. The number of hydrogen-bond acceptors (Lipinski definition) is 5. The summed E-state index contributed by atoms with van der Waals surface area (Å²) in [6.45, 7) is 5.19. The molecule has 0 fully saturated rings. The second kappa shape index (κ2) is 6.29. The SMILES string of the molecule is CCNCc1nnc(NC(C)c2ccccc2F)o1. The number of nitrogens with one attached hydrogen (secondary N) is 2. The molecule has 0 amide bonds. The first kappa shape index (κ1) is 13.5. The summed E-state index contributed by atoms with van der Waals surface area (Å²) in [5, 5.41) is 13.8. The molecule has 2 rings (SSSR count). The van der Waals surface area contributed by atoms with Crippen molar-refractivity contribution in [3.63, 3.8) is 0 Å². The van der Waals surface area contributed by atoms with E-state index >= 15 is 0 Å². The van der Waals surface area contributed by atoms with E-state index in [1.54, 1.807) is 18.2 Å². The molecule has 5 nitrogen and oxygen atoms in total. The molecule has 0 aliphatic carbocycles. The number of nitrogens with zero attached hydrogens (tertiary/aromatic N) is 2. The standard InChI is InChI=1S/C13H17FN4O/c1-3-15-8-12-17-18-13(19-12)16-9(2)10-6-4-5-7-11(10)14/h4-7,9,15H,3,8H2,1-2H3,(H,16,18). The molecule has 1 aromatic carbocycles. The highest BCUT2D eigenvalue weighted by molar-refractivity contribution is 5.29.